The van der Waals surface area contributed by atoms with Crippen LogP contribution < -0.4 is 4.90 Å². The van der Waals surface area contributed by atoms with E-state index < -0.39 is 0 Å². The van der Waals surface area contributed by atoms with E-state index >= 15 is 0 Å². The first-order valence-corrected chi connectivity index (χ1v) is 8.90. The molecule has 0 unspecified atom stereocenters. The fraction of sp³-hybridized carbons (Fsp3) is 0.312. The van der Waals surface area contributed by atoms with Gasteiger partial charge < -0.3 is 14.2 Å². The van der Waals surface area contributed by atoms with Crippen molar-refractivity contribution >= 4 is 39.2 Å². The van der Waals surface area contributed by atoms with Crippen molar-refractivity contribution in [2.45, 2.75) is 6.54 Å². The SMILES string of the molecule is O=C(/C=C/c1ccco1)N1CC[NH+](Cc2ccc(Br)s2)CC1. The van der Waals surface area contributed by atoms with Gasteiger partial charge in [-0.15, -0.1) is 11.3 Å². The standard InChI is InChI=1S/C16H17BrN2O2S/c17-15-5-4-14(22-15)12-18-7-9-19(10-8-18)16(20)6-3-13-2-1-11-21-13/h1-6,11H,7-10,12H2/p+1/b6-3+. The predicted molar refractivity (Wildman–Crippen MR) is 90.7 cm³/mol. The van der Waals surface area contributed by atoms with Crippen molar-refractivity contribution in [2.75, 3.05) is 26.2 Å². The molecule has 0 aromatic carbocycles. The Morgan fingerprint density at radius 3 is 2.82 bits per heavy atom. The number of piperazine rings is 1. The molecule has 116 valence electrons. The summed E-state index contributed by atoms with van der Waals surface area (Å²) < 4.78 is 6.37. The van der Waals surface area contributed by atoms with Crippen LogP contribution >= 0.6 is 27.3 Å². The highest BCUT2D eigenvalue weighted by Gasteiger charge is 2.22. The minimum Gasteiger partial charge on any atom is -0.465 e. The molecular weight excluding hydrogens is 364 g/mol. The third-order valence-electron chi connectivity index (χ3n) is 3.77. The van der Waals surface area contributed by atoms with Crippen molar-refractivity contribution in [1.82, 2.24) is 4.90 Å². The van der Waals surface area contributed by atoms with E-state index in [1.165, 1.54) is 13.6 Å². The molecule has 0 bridgehead atoms. The zero-order chi connectivity index (χ0) is 15.4. The maximum atomic E-state index is 12.1. The number of nitrogens with zero attached hydrogens (tertiary/aromatic N) is 1. The van der Waals surface area contributed by atoms with Crippen molar-refractivity contribution in [3.05, 3.63) is 51.0 Å². The molecule has 6 heteroatoms. The third-order valence-corrected chi connectivity index (χ3v) is 5.39. The highest BCUT2D eigenvalue weighted by atomic mass is 79.9. The summed E-state index contributed by atoms with van der Waals surface area (Å²) in [7, 11) is 0. The molecule has 1 fully saturated rings. The fourth-order valence-corrected chi connectivity index (χ4v) is 4.11. The molecule has 1 N–H and O–H groups in total. The summed E-state index contributed by atoms with van der Waals surface area (Å²) in [5, 5.41) is 0. The van der Waals surface area contributed by atoms with Gasteiger partial charge in [0.05, 0.1) is 41.1 Å². The van der Waals surface area contributed by atoms with E-state index in [0.29, 0.717) is 5.76 Å². The van der Waals surface area contributed by atoms with Crippen LogP contribution in [-0.2, 0) is 11.3 Å². The quantitative estimate of drug-likeness (QED) is 0.822. The summed E-state index contributed by atoms with van der Waals surface area (Å²) in [6.07, 6.45) is 4.93. The minimum atomic E-state index is 0.0642. The molecule has 2 aromatic rings. The molecule has 3 heterocycles. The van der Waals surface area contributed by atoms with Crippen LogP contribution in [0.5, 0.6) is 0 Å². The maximum Gasteiger partial charge on any atom is 0.247 e. The lowest BCUT2D eigenvalue weighted by molar-refractivity contribution is -0.917. The van der Waals surface area contributed by atoms with E-state index in [4.69, 9.17) is 4.42 Å². The maximum absolute atomic E-state index is 12.1. The van der Waals surface area contributed by atoms with Gasteiger partial charge in [0.2, 0.25) is 5.91 Å². The van der Waals surface area contributed by atoms with E-state index in [1.54, 1.807) is 29.8 Å². The molecule has 0 aliphatic carbocycles. The Labute approximate surface area is 142 Å². The second-order valence-electron chi connectivity index (χ2n) is 5.31. The van der Waals surface area contributed by atoms with Crippen molar-refractivity contribution in [1.29, 1.82) is 0 Å². The summed E-state index contributed by atoms with van der Waals surface area (Å²) >= 11 is 5.29. The summed E-state index contributed by atoms with van der Waals surface area (Å²) in [6, 6.07) is 7.92. The Hall–Kier alpha value is -1.37. The van der Waals surface area contributed by atoms with Gasteiger partial charge in [-0.3, -0.25) is 4.79 Å². The number of hydrogen-bond donors (Lipinski definition) is 1. The fourth-order valence-electron chi connectivity index (χ4n) is 2.56. The number of halogens is 1. The minimum absolute atomic E-state index is 0.0642. The van der Waals surface area contributed by atoms with E-state index in [9.17, 15) is 4.79 Å². The first-order valence-electron chi connectivity index (χ1n) is 7.29. The lowest BCUT2D eigenvalue weighted by Gasteiger charge is -2.31. The molecule has 0 spiro atoms. The second kappa shape index (κ2) is 7.26. The van der Waals surface area contributed by atoms with Crippen LogP contribution in [0.15, 0.2) is 44.8 Å². The Bertz CT molecular complexity index is 643. The van der Waals surface area contributed by atoms with Crippen LogP contribution in [-0.4, -0.2) is 37.0 Å². The van der Waals surface area contributed by atoms with Gasteiger partial charge in [0, 0.05) is 6.08 Å². The predicted octanol–water partition coefficient (Wildman–Crippen LogP) is 2.04. The third kappa shape index (κ3) is 4.09. The van der Waals surface area contributed by atoms with Crippen LogP contribution in [0.25, 0.3) is 6.08 Å². The molecule has 4 nitrogen and oxygen atoms in total. The van der Waals surface area contributed by atoms with Crippen LogP contribution in [0.1, 0.15) is 10.6 Å². The summed E-state index contributed by atoms with van der Waals surface area (Å²) in [6.45, 7) is 4.65. The molecule has 1 saturated heterocycles. The largest absolute Gasteiger partial charge is 0.465 e. The van der Waals surface area contributed by atoms with Gasteiger partial charge in [-0.25, -0.2) is 0 Å². The first-order chi connectivity index (χ1) is 10.7. The topological polar surface area (TPSA) is 37.9 Å². The lowest BCUT2D eigenvalue weighted by atomic mass is 10.3. The lowest BCUT2D eigenvalue weighted by Crippen LogP contribution is -3.13. The highest BCUT2D eigenvalue weighted by molar-refractivity contribution is 9.11. The number of rotatable bonds is 4. The van der Waals surface area contributed by atoms with Crippen LogP contribution in [0.2, 0.25) is 0 Å². The molecular formula is C16H18BrN2O2S+. The summed E-state index contributed by atoms with van der Waals surface area (Å²) in [4.78, 5) is 17.0. The van der Waals surface area contributed by atoms with Gasteiger partial charge >= 0.3 is 0 Å². The van der Waals surface area contributed by atoms with Crippen molar-refractivity contribution in [3.8, 4) is 0 Å². The number of carbonyl (C=O) groups excluding carboxylic acids is 1. The van der Waals surface area contributed by atoms with Gasteiger partial charge in [-0.1, -0.05) is 0 Å². The Balaban J connectivity index is 1.47. The number of thiophene rings is 1. The van der Waals surface area contributed by atoms with Crippen molar-refractivity contribution in [2.24, 2.45) is 0 Å². The van der Waals surface area contributed by atoms with Gasteiger partial charge in [0.15, 0.2) is 0 Å². The molecule has 0 radical (unpaired) electrons. The Morgan fingerprint density at radius 1 is 1.36 bits per heavy atom. The van der Waals surface area contributed by atoms with Crippen molar-refractivity contribution in [3.63, 3.8) is 0 Å². The number of nitrogens with one attached hydrogen (secondary N) is 1. The molecule has 1 aliphatic heterocycles. The summed E-state index contributed by atoms with van der Waals surface area (Å²) in [5.74, 6) is 0.773. The Morgan fingerprint density at radius 2 is 2.18 bits per heavy atom. The molecule has 2 aromatic heterocycles. The number of carbonyl (C=O) groups is 1. The molecule has 3 rings (SSSR count). The van der Waals surface area contributed by atoms with Crippen LogP contribution in [0, 0.1) is 0 Å². The van der Waals surface area contributed by atoms with E-state index in [0.717, 1.165) is 32.7 Å². The number of quaternary nitrogens is 1. The van der Waals surface area contributed by atoms with E-state index in [-0.39, 0.29) is 5.91 Å². The normalized spacial score (nSPS) is 16.5. The highest BCUT2D eigenvalue weighted by Crippen LogP contribution is 2.21. The van der Waals surface area contributed by atoms with E-state index in [2.05, 4.69) is 28.1 Å². The number of amides is 1. The molecule has 1 amide bonds. The average Bonchev–Trinajstić information content (AvgIpc) is 3.17. The smallest absolute Gasteiger partial charge is 0.247 e. The first kappa shape index (κ1) is 15.5. The monoisotopic (exact) mass is 381 g/mol. The van der Waals surface area contributed by atoms with Gasteiger partial charge in [0.25, 0.3) is 0 Å². The number of hydrogen-bond acceptors (Lipinski definition) is 3. The molecule has 0 atom stereocenters. The second-order valence-corrected chi connectivity index (χ2v) is 7.85. The number of furan rings is 1. The Kier molecular flexibility index (Phi) is 5.12. The van der Waals surface area contributed by atoms with Gasteiger partial charge in [-0.2, -0.15) is 0 Å². The van der Waals surface area contributed by atoms with Crippen molar-refractivity contribution < 1.29 is 14.1 Å². The van der Waals surface area contributed by atoms with Gasteiger partial charge in [-0.05, 0) is 46.3 Å². The zero-order valence-corrected chi connectivity index (χ0v) is 14.5. The van der Waals surface area contributed by atoms with Crippen LogP contribution in [0.4, 0.5) is 0 Å². The molecule has 0 saturated carbocycles. The van der Waals surface area contributed by atoms with E-state index in [1.807, 2.05) is 17.0 Å². The molecule has 22 heavy (non-hydrogen) atoms. The van der Waals surface area contributed by atoms with Gasteiger partial charge in [0.1, 0.15) is 12.3 Å². The average molecular weight is 382 g/mol. The zero-order valence-electron chi connectivity index (χ0n) is 12.1. The van der Waals surface area contributed by atoms with Crippen LogP contribution in [0.3, 0.4) is 0 Å². The molecule has 1 aliphatic rings. The summed E-state index contributed by atoms with van der Waals surface area (Å²) in [5.41, 5.74) is 0.